The van der Waals surface area contributed by atoms with E-state index < -0.39 is 0 Å². The van der Waals surface area contributed by atoms with Crippen molar-refractivity contribution in [2.24, 2.45) is 0 Å². The van der Waals surface area contributed by atoms with Crippen LogP contribution in [0.25, 0.3) is 0 Å². The van der Waals surface area contributed by atoms with Gasteiger partial charge in [-0.1, -0.05) is 6.92 Å². The van der Waals surface area contributed by atoms with Crippen molar-refractivity contribution in [2.75, 3.05) is 6.61 Å². The van der Waals surface area contributed by atoms with E-state index in [9.17, 15) is 5.11 Å². The number of hydrogen-bond acceptors (Lipinski definition) is 3. The van der Waals surface area contributed by atoms with Crippen molar-refractivity contribution in [2.45, 2.75) is 38.0 Å². The van der Waals surface area contributed by atoms with E-state index in [0.717, 1.165) is 12.8 Å². The number of aliphatic hydroxyl groups is 2. The van der Waals surface area contributed by atoms with E-state index in [0.29, 0.717) is 6.04 Å². The van der Waals surface area contributed by atoms with E-state index in [1.807, 2.05) is 0 Å². The maximum Gasteiger partial charge on any atom is 0.0730 e. The Kier molecular flexibility index (Phi) is 2.65. The van der Waals surface area contributed by atoms with Crippen molar-refractivity contribution in [1.29, 1.82) is 0 Å². The minimum atomic E-state index is -0.352. The van der Waals surface area contributed by atoms with Crippen LogP contribution in [-0.4, -0.2) is 35.0 Å². The average Bonchev–Trinajstić information content (AvgIpc) is 2.30. The lowest BCUT2D eigenvalue weighted by molar-refractivity contribution is 0.121. The molecule has 1 saturated heterocycles. The minimum Gasteiger partial charge on any atom is -0.395 e. The van der Waals surface area contributed by atoms with Crippen LogP contribution in [0.3, 0.4) is 0 Å². The predicted octanol–water partition coefficient (Wildman–Crippen LogP) is -0.520. The molecule has 0 unspecified atom stereocenters. The van der Waals surface area contributed by atoms with Gasteiger partial charge in [0.05, 0.1) is 18.8 Å². The Morgan fingerprint density at radius 1 is 1.60 bits per heavy atom. The zero-order valence-corrected chi connectivity index (χ0v) is 6.25. The Morgan fingerprint density at radius 3 is 2.60 bits per heavy atom. The third kappa shape index (κ3) is 1.48. The fraction of sp³-hybridized carbons (Fsp3) is 1.00. The molecule has 0 spiro atoms. The number of aliphatic hydroxyl groups excluding tert-OH is 2. The molecule has 1 fully saturated rings. The van der Waals surface area contributed by atoms with E-state index in [2.05, 4.69) is 12.2 Å². The van der Waals surface area contributed by atoms with Gasteiger partial charge in [-0.25, -0.2) is 0 Å². The minimum absolute atomic E-state index is 0.0394. The van der Waals surface area contributed by atoms with Gasteiger partial charge >= 0.3 is 0 Å². The Labute approximate surface area is 61.1 Å². The molecule has 3 N–H and O–H groups in total. The summed E-state index contributed by atoms with van der Waals surface area (Å²) in [5.74, 6) is 0. The van der Waals surface area contributed by atoms with Crippen LogP contribution in [0.2, 0.25) is 0 Å². The fourth-order valence-electron chi connectivity index (χ4n) is 1.40. The monoisotopic (exact) mass is 145 g/mol. The first-order valence-electron chi connectivity index (χ1n) is 3.83. The molecule has 3 nitrogen and oxygen atoms in total. The van der Waals surface area contributed by atoms with Gasteiger partial charge in [0.25, 0.3) is 0 Å². The molecule has 1 aliphatic heterocycles. The molecular weight excluding hydrogens is 130 g/mol. The molecule has 1 heterocycles. The van der Waals surface area contributed by atoms with Crippen LogP contribution in [-0.2, 0) is 0 Å². The number of nitrogens with one attached hydrogen (secondary N) is 1. The summed E-state index contributed by atoms with van der Waals surface area (Å²) in [5, 5.41) is 21.1. The van der Waals surface area contributed by atoms with Crippen molar-refractivity contribution in [3.8, 4) is 0 Å². The maximum atomic E-state index is 9.27. The van der Waals surface area contributed by atoms with E-state index in [1.165, 1.54) is 0 Å². The molecule has 3 atom stereocenters. The number of rotatable bonds is 2. The second-order valence-corrected chi connectivity index (χ2v) is 2.86. The Bertz CT molecular complexity index is 108. The van der Waals surface area contributed by atoms with Crippen molar-refractivity contribution in [1.82, 2.24) is 5.32 Å². The predicted molar refractivity (Wildman–Crippen MR) is 38.7 cm³/mol. The molecule has 3 heteroatoms. The lowest BCUT2D eigenvalue weighted by Crippen LogP contribution is -2.36. The van der Waals surface area contributed by atoms with Gasteiger partial charge in [-0.2, -0.15) is 0 Å². The highest BCUT2D eigenvalue weighted by molar-refractivity contribution is 4.89. The summed E-state index contributed by atoms with van der Waals surface area (Å²) in [6, 6.07) is 0.303. The summed E-state index contributed by atoms with van der Waals surface area (Å²) in [4.78, 5) is 0. The van der Waals surface area contributed by atoms with Gasteiger partial charge in [-0.3, -0.25) is 0 Å². The summed E-state index contributed by atoms with van der Waals surface area (Å²) < 4.78 is 0. The van der Waals surface area contributed by atoms with Crippen LogP contribution in [0.4, 0.5) is 0 Å². The highest BCUT2D eigenvalue weighted by Crippen LogP contribution is 2.14. The summed E-state index contributed by atoms with van der Waals surface area (Å²) >= 11 is 0. The van der Waals surface area contributed by atoms with Gasteiger partial charge in [-0.15, -0.1) is 0 Å². The molecule has 0 aromatic heterocycles. The van der Waals surface area contributed by atoms with Crippen LogP contribution in [0, 0.1) is 0 Å². The smallest absolute Gasteiger partial charge is 0.0730 e. The van der Waals surface area contributed by atoms with E-state index in [4.69, 9.17) is 5.11 Å². The lowest BCUT2D eigenvalue weighted by atomic mass is 10.1. The number of hydrogen-bond donors (Lipinski definition) is 3. The van der Waals surface area contributed by atoms with E-state index >= 15 is 0 Å². The van der Waals surface area contributed by atoms with Crippen LogP contribution in [0.1, 0.15) is 19.8 Å². The normalized spacial score (nSPS) is 40.5. The molecule has 60 valence electrons. The van der Waals surface area contributed by atoms with E-state index in [1.54, 1.807) is 0 Å². The lowest BCUT2D eigenvalue weighted by Gasteiger charge is -2.10. The molecule has 0 aromatic rings. The molecular formula is C7H15NO2. The van der Waals surface area contributed by atoms with Crippen LogP contribution >= 0.6 is 0 Å². The van der Waals surface area contributed by atoms with Crippen molar-refractivity contribution < 1.29 is 10.2 Å². The van der Waals surface area contributed by atoms with Crippen molar-refractivity contribution >= 4 is 0 Å². The molecule has 0 amide bonds. The Balaban J connectivity index is 2.36. The van der Waals surface area contributed by atoms with Crippen LogP contribution in [0.5, 0.6) is 0 Å². The average molecular weight is 145 g/mol. The van der Waals surface area contributed by atoms with Crippen molar-refractivity contribution in [3.05, 3.63) is 0 Å². The zero-order chi connectivity index (χ0) is 7.56. The van der Waals surface area contributed by atoms with Crippen LogP contribution < -0.4 is 5.32 Å². The molecule has 1 rings (SSSR count). The molecule has 0 bridgehead atoms. The summed E-state index contributed by atoms with van der Waals surface area (Å²) in [7, 11) is 0. The van der Waals surface area contributed by atoms with Gasteiger partial charge in [0, 0.05) is 6.04 Å². The van der Waals surface area contributed by atoms with E-state index in [-0.39, 0.29) is 18.8 Å². The highest BCUT2D eigenvalue weighted by Gasteiger charge is 2.29. The van der Waals surface area contributed by atoms with Crippen LogP contribution in [0.15, 0.2) is 0 Å². The molecule has 10 heavy (non-hydrogen) atoms. The van der Waals surface area contributed by atoms with Gasteiger partial charge in [-0.05, 0) is 12.8 Å². The third-order valence-corrected chi connectivity index (χ3v) is 2.13. The molecule has 0 aliphatic carbocycles. The first kappa shape index (κ1) is 7.98. The quantitative estimate of drug-likeness (QED) is 0.490. The second-order valence-electron chi connectivity index (χ2n) is 2.86. The Hall–Kier alpha value is -0.120. The molecule has 1 aliphatic rings. The standard InChI is InChI=1S/C7H15NO2/c1-2-5-3-7(10)6(4-9)8-5/h5-10H,2-4H2,1H3/t5-,6-,7+/m0/s1. The zero-order valence-electron chi connectivity index (χ0n) is 6.25. The van der Waals surface area contributed by atoms with Gasteiger partial charge < -0.3 is 15.5 Å². The third-order valence-electron chi connectivity index (χ3n) is 2.13. The largest absolute Gasteiger partial charge is 0.395 e. The highest BCUT2D eigenvalue weighted by atomic mass is 16.3. The van der Waals surface area contributed by atoms with Crippen molar-refractivity contribution in [3.63, 3.8) is 0 Å². The molecule has 0 aromatic carbocycles. The van der Waals surface area contributed by atoms with Gasteiger partial charge in [0.2, 0.25) is 0 Å². The fourth-order valence-corrected chi connectivity index (χ4v) is 1.40. The topological polar surface area (TPSA) is 52.5 Å². The SMILES string of the molecule is CC[C@H]1C[C@@H](O)[C@H](CO)N1. The molecule has 0 radical (unpaired) electrons. The summed E-state index contributed by atoms with van der Waals surface area (Å²) in [6.07, 6.45) is 1.45. The first-order chi connectivity index (χ1) is 4.77. The maximum absolute atomic E-state index is 9.27. The molecule has 0 saturated carbocycles. The van der Waals surface area contributed by atoms with Gasteiger partial charge in [0.15, 0.2) is 0 Å². The first-order valence-corrected chi connectivity index (χ1v) is 3.83. The van der Waals surface area contributed by atoms with Gasteiger partial charge in [0.1, 0.15) is 0 Å². The second kappa shape index (κ2) is 3.32. The summed E-state index contributed by atoms with van der Waals surface area (Å²) in [5.41, 5.74) is 0. The Morgan fingerprint density at radius 2 is 2.30 bits per heavy atom. The summed E-state index contributed by atoms with van der Waals surface area (Å²) in [6.45, 7) is 2.11.